The molecule has 0 spiro atoms. The molecule has 0 unspecified atom stereocenters. The number of carbonyl (C=O) groups excluding carboxylic acids is 1. The van der Waals surface area contributed by atoms with E-state index in [-0.39, 0.29) is 17.2 Å². The summed E-state index contributed by atoms with van der Waals surface area (Å²) in [5.74, 6) is 0.0375. The number of nitrogens with zero attached hydrogens (tertiary/aromatic N) is 2. The molecule has 3 aromatic rings. The average molecular weight is 369 g/mol. The summed E-state index contributed by atoms with van der Waals surface area (Å²) >= 11 is 1.24. The zero-order valence-electron chi connectivity index (χ0n) is 14.3. The first-order chi connectivity index (χ1) is 12.7. The second-order valence-corrected chi connectivity index (χ2v) is 6.46. The van der Waals surface area contributed by atoms with Crippen LogP contribution in [0.3, 0.4) is 0 Å². The number of amides is 1. The molecule has 0 aliphatic heterocycles. The van der Waals surface area contributed by atoms with Crippen LogP contribution in [0.15, 0.2) is 64.5 Å². The third-order valence-electron chi connectivity index (χ3n) is 3.72. The van der Waals surface area contributed by atoms with Crippen LogP contribution < -0.4 is 10.9 Å². The molecule has 0 radical (unpaired) electrons. The molecule has 1 N–H and O–H groups in total. The predicted molar refractivity (Wildman–Crippen MR) is 103 cm³/mol. The largest absolute Gasteiger partial charge is 0.383 e. The van der Waals surface area contributed by atoms with Gasteiger partial charge in [0.05, 0.1) is 29.0 Å². The van der Waals surface area contributed by atoms with E-state index in [2.05, 4.69) is 10.3 Å². The number of rotatable bonds is 7. The Bertz CT molecular complexity index is 957. The van der Waals surface area contributed by atoms with Gasteiger partial charge in [-0.2, -0.15) is 0 Å². The van der Waals surface area contributed by atoms with E-state index < -0.39 is 0 Å². The van der Waals surface area contributed by atoms with Crippen molar-refractivity contribution in [3.63, 3.8) is 0 Å². The third kappa shape index (κ3) is 4.12. The van der Waals surface area contributed by atoms with Crippen molar-refractivity contribution in [1.29, 1.82) is 0 Å². The molecule has 134 valence electrons. The lowest BCUT2D eigenvalue weighted by Crippen LogP contribution is -2.29. The van der Waals surface area contributed by atoms with Gasteiger partial charge < -0.3 is 10.1 Å². The average Bonchev–Trinajstić information content (AvgIpc) is 2.67. The van der Waals surface area contributed by atoms with E-state index in [0.29, 0.717) is 29.2 Å². The van der Waals surface area contributed by atoms with Crippen LogP contribution in [0.2, 0.25) is 0 Å². The summed E-state index contributed by atoms with van der Waals surface area (Å²) in [5, 5.41) is 3.80. The fourth-order valence-electron chi connectivity index (χ4n) is 2.49. The minimum atomic E-state index is -0.149. The van der Waals surface area contributed by atoms with Crippen molar-refractivity contribution < 1.29 is 9.53 Å². The molecule has 0 saturated heterocycles. The lowest BCUT2D eigenvalue weighted by molar-refractivity contribution is -0.118. The van der Waals surface area contributed by atoms with Crippen molar-refractivity contribution in [2.75, 3.05) is 26.0 Å². The molecule has 0 aliphatic rings. The highest BCUT2D eigenvalue weighted by atomic mass is 32.2. The molecule has 0 bridgehead atoms. The monoisotopic (exact) mass is 369 g/mol. The van der Waals surface area contributed by atoms with Crippen LogP contribution in [0.25, 0.3) is 16.6 Å². The van der Waals surface area contributed by atoms with Gasteiger partial charge in [-0.15, -0.1) is 0 Å². The molecular weight excluding hydrogens is 350 g/mol. The maximum Gasteiger partial charge on any atom is 0.266 e. The first-order valence-electron chi connectivity index (χ1n) is 8.16. The van der Waals surface area contributed by atoms with Crippen LogP contribution in [0.1, 0.15) is 0 Å². The van der Waals surface area contributed by atoms with E-state index in [9.17, 15) is 9.59 Å². The second kappa shape index (κ2) is 8.64. The molecule has 0 aliphatic carbocycles. The summed E-state index contributed by atoms with van der Waals surface area (Å²) in [5.41, 5.74) is 1.19. The van der Waals surface area contributed by atoms with Crippen molar-refractivity contribution in [2.24, 2.45) is 0 Å². The van der Waals surface area contributed by atoms with Gasteiger partial charge in [-0.25, -0.2) is 4.98 Å². The number of methoxy groups -OCH3 is 1. The molecule has 0 atom stereocenters. The summed E-state index contributed by atoms with van der Waals surface area (Å²) in [6.45, 7) is 0.909. The van der Waals surface area contributed by atoms with Crippen LogP contribution in [-0.2, 0) is 9.53 Å². The lowest BCUT2D eigenvalue weighted by atomic mass is 10.2. The molecule has 0 saturated carbocycles. The SMILES string of the molecule is COCCNC(=O)CSc1nc2ccccc2c(=O)n1-c1ccccc1. The van der Waals surface area contributed by atoms with Crippen LogP contribution >= 0.6 is 11.8 Å². The first kappa shape index (κ1) is 18.2. The van der Waals surface area contributed by atoms with Crippen LogP contribution in [-0.4, -0.2) is 41.5 Å². The van der Waals surface area contributed by atoms with Crippen LogP contribution in [0.4, 0.5) is 0 Å². The van der Waals surface area contributed by atoms with Gasteiger partial charge in [0, 0.05) is 13.7 Å². The summed E-state index contributed by atoms with van der Waals surface area (Å²) in [4.78, 5) is 29.6. The third-order valence-corrected chi connectivity index (χ3v) is 4.66. The Morgan fingerprint density at radius 2 is 1.88 bits per heavy atom. The predicted octanol–water partition coefficient (Wildman–Crippen LogP) is 2.24. The first-order valence-corrected chi connectivity index (χ1v) is 9.15. The molecule has 26 heavy (non-hydrogen) atoms. The minimum Gasteiger partial charge on any atom is -0.383 e. The smallest absolute Gasteiger partial charge is 0.266 e. The highest BCUT2D eigenvalue weighted by Gasteiger charge is 2.14. The zero-order chi connectivity index (χ0) is 18.4. The topological polar surface area (TPSA) is 73.2 Å². The van der Waals surface area contributed by atoms with Gasteiger partial charge in [-0.05, 0) is 24.3 Å². The molecule has 1 heterocycles. The number of hydrogen-bond acceptors (Lipinski definition) is 5. The van der Waals surface area contributed by atoms with Gasteiger partial charge in [0.25, 0.3) is 5.56 Å². The summed E-state index contributed by atoms with van der Waals surface area (Å²) in [7, 11) is 1.58. The Morgan fingerprint density at radius 3 is 2.65 bits per heavy atom. The Morgan fingerprint density at radius 1 is 1.15 bits per heavy atom. The maximum atomic E-state index is 13.0. The molecule has 3 rings (SSSR count). The molecular formula is C19H19N3O3S. The molecule has 2 aromatic carbocycles. The van der Waals surface area contributed by atoms with Crippen molar-refractivity contribution in [2.45, 2.75) is 5.16 Å². The fraction of sp³-hybridized carbons (Fsp3) is 0.211. The lowest BCUT2D eigenvalue weighted by Gasteiger charge is -2.13. The number of fused-ring (bicyclic) bond motifs is 1. The quantitative estimate of drug-likeness (QED) is 0.393. The number of carbonyl (C=O) groups is 1. The Balaban J connectivity index is 1.95. The van der Waals surface area contributed by atoms with Gasteiger partial charge >= 0.3 is 0 Å². The normalized spacial score (nSPS) is 10.8. The number of thioether (sulfide) groups is 1. The highest BCUT2D eigenvalue weighted by Crippen LogP contribution is 2.21. The van der Waals surface area contributed by atoms with E-state index in [1.54, 1.807) is 23.8 Å². The highest BCUT2D eigenvalue weighted by molar-refractivity contribution is 7.99. The summed E-state index contributed by atoms with van der Waals surface area (Å²) in [6, 6.07) is 16.5. The minimum absolute atomic E-state index is 0.130. The maximum absolute atomic E-state index is 13.0. The van der Waals surface area contributed by atoms with E-state index in [1.807, 2.05) is 42.5 Å². The number of benzene rings is 2. The van der Waals surface area contributed by atoms with E-state index >= 15 is 0 Å². The molecule has 1 aromatic heterocycles. The Kier molecular flexibility index (Phi) is 6.04. The molecule has 6 nitrogen and oxygen atoms in total. The number of aromatic nitrogens is 2. The molecule has 0 fully saturated rings. The van der Waals surface area contributed by atoms with Gasteiger partial charge in [-0.3, -0.25) is 14.2 Å². The summed E-state index contributed by atoms with van der Waals surface area (Å²) in [6.07, 6.45) is 0. The van der Waals surface area contributed by atoms with Crippen molar-refractivity contribution >= 4 is 28.6 Å². The van der Waals surface area contributed by atoms with E-state index in [1.165, 1.54) is 11.8 Å². The second-order valence-electron chi connectivity index (χ2n) is 5.52. The van der Waals surface area contributed by atoms with Crippen LogP contribution in [0.5, 0.6) is 0 Å². The number of para-hydroxylation sites is 2. The van der Waals surface area contributed by atoms with E-state index in [4.69, 9.17) is 4.74 Å². The van der Waals surface area contributed by atoms with Crippen molar-refractivity contribution in [1.82, 2.24) is 14.9 Å². The summed E-state index contributed by atoms with van der Waals surface area (Å²) < 4.78 is 6.47. The van der Waals surface area contributed by atoms with E-state index in [0.717, 1.165) is 5.69 Å². The zero-order valence-corrected chi connectivity index (χ0v) is 15.2. The number of ether oxygens (including phenoxy) is 1. The Labute approximate surface area is 155 Å². The van der Waals surface area contributed by atoms with Gasteiger partial charge in [-0.1, -0.05) is 42.1 Å². The number of hydrogen-bond donors (Lipinski definition) is 1. The van der Waals surface area contributed by atoms with Gasteiger partial charge in [0.2, 0.25) is 5.91 Å². The molecule has 7 heteroatoms. The number of nitrogens with one attached hydrogen (secondary N) is 1. The fourth-order valence-corrected chi connectivity index (χ4v) is 3.33. The Hall–Kier alpha value is -2.64. The molecule has 1 amide bonds. The van der Waals surface area contributed by atoms with Gasteiger partial charge in [0.15, 0.2) is 5.16 Å². The van der Waals surface area contributed by atoms with Crippen molar-refractivity contribution in [3.05, 3.63) is 65.0 Å². The standard InChI is InChI=1S/C19H19N3O3S/c1-25-12-11-20-17(23)13-26-19-21-16-10-6-5-9-15(16)18(24)22(19)14-7-3-2-4-8-14/h2-10H,11-13H2,1H3,(H,20,23). The van der Waals surface area contributed by atoms with Crippen molar-refractivity contribution in [3.8, 4) is 5.69 Å². The van der Waals surface area contributed by atoms with Gasteiger partial charge in [0.1, 0.15) is 0 Å². The van der Waals surface area contributed by atoms with Crippen LogP contribution in [0, 0.1) is 0 Å².